The van der Waals surface area contributed by atoms with Crippen molar-refractivity contribution in [2.24, 2.45) is 0 Å². The maximum Gasteiger partial charge on any atom is 0.307 e. The maximum absolute atomic E-state index is 12.5. The van der Waals surface area contributed by atoms with Crippen molar-refractivity contribution in [3.05, 3.63) is 50.6 Å². The van der Waals surface area contributed by atoms with Crippen LogP contribution in [0.15, 0.2) is 34.4 Å². The van der Waals surface area contributed by atoms with Crippen LogP contribution in [0.25, 0.3) is 0 Å². The molecule has 5 nitrogen and oxygen atoms in total. The highest BCUT2D eigenvalue weighted by Gasteiger charge is 2.17. The SMILES string of the molecule is Cc1csc(=O)n1CCC(=O)N(C)Cc1ccccc1N1CCCC1. The van der Waals surface area contributed by atoms with Crippen molar-refractivity contribution < 1.29 is 4.79 Å². The molecule has 1 fully saturated rings. The van der Waals surface area contributed by atoms with Crippen molar-refractivity contribution in [2.75, 3.05) is 25.0 Å². The normalized spacial score (nSPS) is 14.1. The Morgan fingerprint density at radius 1 is 1.24 bits per heavy atom. The van der Waals surface area contributed by atoms with Crippen LogP contribution >= 0.6 is 11.3 Å². The molecule has 1 saturated heterocycles. The lowest BCUT2D eigenvalue weighted by Gasteiger charge is -2.24. The summed E-state index contributed by atoms with van der Waals surface area (Å²) in [5, 5.41) is 1.84. The fourth-order valence-corrected chi connectivity index (χ4v) is 4.09. The molecule has 0 atom stereocenters. The minimum Gasteiger partial charge on any atom is -0.371 e. The minimum absolute atomic E-state index is 0.00679. The summed E-state index contributed by atoms with van der Waals surface area (Å²) in [4.78, 5) is 28.4. The van der Waals surface area contributed by atoms with E-state index in [2.05, 4.69) is 23.1 Å². The number of amides is 1. The third-order valence-corrected chi connectivity index (χ3v) is 5.68. The summed E-state index contributed by atoms with van der Waals surface area (Å²) in [6, 6.07) is 8.34. The predicted octanol–water partition coefficient (Wildman–Crippen LogP) is 2.87. The lowest BCUT2D eigenvalue weighted by atomic mass is 10.1. The van der Waals surface area contributed by atoms with Crippen LogP contribution in [0.3, 0.4) is 0 Å². The molecular formula is C19H25N3O2S. The maximum atomic E-state index is 12.5. The van der Waals surface area contributed by atoms with Gasteiger partial charge in [0.05, 0.1) is 0 Å². The van der Waals surface area contributed by atoms with E-state index >= 15 is 0 Å². The third-order valence-electron chi connectivity index (χ3n) is 4.80. The van der Waals surface area contributed by atoms with E-state index in [1.807, 2.05) is 25.4 Å². The zero-order valence-electron chi connectivity index (χ0n) is 14.9. The number of thiazole rings is 1. The van der Waals surface area contributed by atoms with Gasteiger partial charge in [0.15, 0.2) is 0 Å². The van der Waals surface area contributed by atoms with Crippen LogP contribution in [-0.4, -0.2) is 35.5 Å². The molecule has 1 aromatic heterocycles. The van der Waals surface area contributed by atoms with Gasteiger partial charge in [-0.25, -0.2) is 0 Å². The van der Waals surface area contributed by atoms with Gasteiger partial charge in [-0.2, -0.15) is 0 Å². The minimum atomic E-state index is 0.00679. The molecule has 0 saturated carbocycles. The first-order valence-corrected chi connectivity index (χ1v) is 9.66. The summed E-state index contributed by atoms with van der Waals surface area (Å²) in [6.45, 7) is 5.14. The van der Waals surface area contributed by atoms with E-state index in [0.717, 1.165) is 18.8 Å². The van der Waals surface area contributed by atoms with E-state index in [0.29, 0.717) is 19.5 Å². The van der Waals surface area contributed by atoms with Crippen LogP contribution in [0.2, 0.25) is 0 Å². The number of rotatable bonds is 6. The zero-order chi connectivity index (χ0) is 17.8. The van der Waals surface area contributed by atoms with Crippen LogP contribution < -0.4 is 9.77 Å². The van der Waals surface area contributed by atoms with Gasteiger partial charge in [0.25, 0.3) is 0 Å². The average Bonchev–Trinajstić information content (AvgIpc) is 3.24. The summed E-state index contributed by atoms with van der Waals surface area (Å²) >= 11 is 1.19. The molecule has 0 N–H and O–H groups in total. The van der Waals surface area contributed by atoms with Crippen molar-refractivity contribution in [3.8, 4) is 0 Å². The Hall–Kier alpha value is -2.08. The molecule has 3 rings (SSSR count). The number of aromatic nitrogens is 1. The molecule has 0 radical (unpaired) electrons. The van der Waals surface area contributed by atoms with Crippen LogP contribution in [0.1, 0.15) is 30.5 Å². The van der Waals surface area contributed by atoms with Crippen molar-refractivity contribution in [2.45, 2.75) is 39.3 Å². The number of aryl methyl sites for hydroxylation is 1. The second kappa shape index (κ2) is 7.87. The van der Waals surface area contributed by atoms with Crippen molar-refractivity contribution in [3.63, 3.8) is 0 Å². The molecule has 1 aromatic carbocycles. The summed E-state index contributed by atoms with van der Waals surface area (Å²) < 4.78 is 1.68. The van der Waals surface area contributed by atoms with Gasteiger partial charge < -0.3 is 14.4 Å². The fraction of sp³-hybridized carbons (Fsp3) is 0.474. The van der Waals surface area contributed by atoms with Gasteiger partial charge >= 0.3 is 4.87 Å². The van der Waals surface area contributed by atoms with Gasteiger partial charge in [-0.15, -0.1) is 0 Å². The topological polar surface area (TPSA) is 45.6 Å². The predicted molar refractivity (Wildman–Crippen MR) is 102 cm³/mol. The first-order valence-electron chi connectivity index (χ1n) is 8.78. The fourth-order valence-electron chi connectivity index (χ4n) is 3.33. The number of carbonyl (C=O) groups excluding carboxylic acids is 1. The number of carbonyl (C=O) groups is 1. The molecule has 0 bridgehead atoms. The van der Waals surface area contributed by atoms with Gasteiger partial charge in [0, 0.05) is 56.4 Å². The molecule has 25 heavy (non-hydrogen) atoms. The first-order chi connectivity index (χ1) is 12.1. The molecule has 1 aliphatic heterocycles. The Kier molecular flexibility index (Phi) is 5.58. The molecule has 6 heteroatoms. The average molecular weight is 359 g/mol. The highest BCUT2D eigenvalue weighted by atomic mass is 32.1. The molecule has 0 spiro atoms. The number of benzene rings is 1. The molecule has 1 aliphatic rings. The Labute approximate surface area is 152 Å². The molecular weight excluding hydrogens is 334 g/mol. The number of para-hydroxylation sites is 1. The second-order valence-electron chi connectivity index (χ2n) is 6.62. The Morgan fingerprint density at radius 2 is 1.96 bits per heavy atom. The highest BCUT2D eigenvalue weighted by Crippen LogP contribution is 2.25. The first kappa shape index (κ1) is 17.7. The lowest BCUT2D eigenvalue weighted by molar-refractivity contribution is -0.130. The highest BCUT2D eigenvalue weighted by molar-refractivity contribution is 7.07. The van der Waals surface area contributed by atoms with E-state index < -0.39 is 0 Å². The van der Waals surface area contributed by atoms with Gasteiger partial charge in [-0.1, -0.05) is 29.5 Å². The van der Waals surface area contributed by atoms with E-state index in [-0.39, 0.29) is 10.8 Å². The van der Waals surface area contributed by atoms with Crippen LogP contribution in [-0.2, 0) is 17.9 Å². The summed E-state index contributed by atoms with van der Waals surface area (Å²) in [5.41, 5.74) is 3.35. The Morgan fingerprint density at radius 3 is 2.64 bits per heavy atom. The van der Waals surface area contributed by atoms with Gasteiger partial charge in [0.2, 0.25) is 5.91 Å². The van der Waals surface area contributed by atoms with Crippen LogP contribution in [0.4, 0.5) is 5.69 Å². The summed E-state index contributed by atoms with van der Waals surface area (Å²) in [6.07, 6.45) is 2.82. The molecule has 1 amide bonds. The zero-order valence-corrected chi connectivity index (χ0v) is 15.7. The summed E-state index contributed by atoms with van der Waals surface area (Å²) in [7, 11) is 1.84. The van der Waals surface area contributed by atoms with Crippen molar-refractivity contribution in [1.82, 2.24) is 9.47 Å². The van der Waals surface area contributed by atoms with Gasteiger partial charge in [-0.05, 0) is 31.4 Å². The number of anilines is 1. The summed E-state index contributed by atoms with van der Waals surface area (Å²) in [5.74, 6) is 0.0636. The number of hydrogen-bond acceptors (Lipinski definition) is 4. The monoisotopic (exact) mass is 359 g/mol. The largest absolute Gasteiger partial charge is 0.371 e. The van der Waals surface area contributed by atoms with Crippen LogP contribution in [0.5, 0.6) is 0 Å². The van der Waals surface area contributed by atoms with E-state index in [1.165, 1.54) is 35.4 Å². The molecule has 134 valence electrons. The van der Waals surface area contributed by atoms with Crippen molar-refractivity contribution in [1.29, 1.82) is 0 Å². The molecule has 2 heterocycles. The van der Waals surface area contributed by atoms with Gasteiger partial charge in [-0.3, -0.25) is 9.59 Å². The van der Waals surface area contributed by atoms with E-state index in [9.17, 15) is 9.59 Å². The Balaban J connectivity index is 1.63. The Bertz CT molecular complexity index is 790. The van der Waals surface area contributed by atoms with E-state index in [4.69, 9.17) is 0 Å². The van der Waals surface area contributed by atoms with Crippen LogP contribution in [0, 0.1) is 6.92 Å². The third kappa shape index (κ3) is 4.12. The van der Waals surface area contributed by atoms with E-state index in [1.54, 1.807) is 9.47 Å². The smallest absolute Gasteiger partial charge is 0.307 e. The number of hydrogen-bond donors (Lipinski definition) is 0. The van der Waals surface area contributed by atoms with Gasteiger partial charge in [0.1, 0.15) is 0 Å². The molecule has 0 unspecified atom stereocenters. The standard InChI is InChI=1S/C19H25N3O2S/c1-15-14-25-19(24)22(15)12-9-18(23)20(2)13-16-7-3-4-8-17(16)21-10-5-6-11-21/h3-4,7-8,14H,5-6,9-13H2,1-2H3. The molecule has 2 aromatic rings. The lowest BCUT2D eigenvalue weighted by Crippen LogP contribution is -2.29. The number of nitrogens with zero attached hydrogens (tertiary/aromatic N) is 3. The van der Waals surface area contributed by atoms with Crippen molar-refractivity contribution >= 4 is 22.9 Å². The quantitative estimate of drug-likeness (QED) is 0.797. The second-order valence-corrected chi connectivity index (χ2v) is 7.44. The molecule has 0 aliphatic carbocycles.